The minimum absolute atomic E-state index is 0.150. The topological polar surface area (TPSA) is 54.5 Å². The van der Waals surface area contributed by atoms with Crippen molar-refractivity contribution >= 4 is 87.2 Å². The van der Waals surface area contributed by atoms with Crippen molar-refractivity contribution in [3.63, 3.8) is 0 Å². The molecule has 3 aliphatic rings. The van der Waals surface area contributed by atoms with Crippen molar-refractivity contribution in [1.82, 2.24) is 4.90 Å². The van der Waals surface area contributed by atoms with Crippen LogP contribution in [0, 0.1) is 11.8 Å². The largest absolute Gasteiger partial charge is 0.298 e. The highest BCUT2D eigenvalue weighted by molar-refractivity contribution is 6.66. The lowest BCUT2D eigenvalue weighted by Gasteiger charge is -2.34. The van der Waals surface area contributed by atoms with E-state index in [1.165, 1.54) is 6.92 Å². The molecule has 0 aromatic rings. The number of hydrogen-bond donors (Lipinski definition) is 0. The van der Waals surface area contributed by atoms with E-state index in [9.17, 15) is 14.4 Å². The number of amides is 2. The molecular formula is C12H7Cl6NO3. The van der Waals surface area contributed by atoms with Crippen LogP contribution in [-0.4, -0.2) is 43.1 Å². The molecule has 4 atom stereocenters. The van der Waals surface area contributed by atoms with Crippen molar-refractivity contribution < 1.29 is 14.4 Å². The number of imide groups is 1. The maximum absolute atomic E-state index is 12.6. The number of hydrogen-bond acceptors (Lipinski definition) is 3. The summed E-state index contributed by atoms with van der Waals surface area (Å²) in [6, 6.07) is 0. The third kappa shape index (κ3) is 1.53. The molecule has 2 aliphatic carbocycles. The van der Waals surface area contributed by atoms with Crippen LogP contribution in [-0.2, 0) is 14.4 Å². The molecule has 0 aromatic carbocycles. The van der Waals surface area contributed by atoms with Gasteiger partial charge in [-0.25, -0.2) is 0 Å². The fourth-order valence-corrected chi connectivity index (χ4v) is 6.36. The van der Waals surface area contributed by atoms with Crippen LogP contribution in [0.25, 0.3) is 0 Å². The average molecular weight is 426 g/mol. The van der Waals surface area contributed by atoms with Gasteiger partial charge in [-0.2, -0.15) is 0 Å². The number of nitrogens with zero attached hydrogens (tertiary/aromatic N) is 1. The molecule has 1 saturated carbocycles. The molecule has 1 heterocycles. The number of carbonyl (C=O) groups excluding carboxylic acids is 3. The third-order valence-electron chi connectivity index (χ3n) is 4.38. The monoisotopic (exact) mass is 423 g/mol. The van der Waals surface area contributed by atoms with E-state index < -0.39 is 37.7 Å². The highest BCUT2D eigenvalue weighted by Gasteiger charge is 2.87. The number of rotatable bonds is 2. The Balaban J connectivity index is 2.21. The van der Waals surface area contributed by atoms with Gasteiger partial charge in [0, 0.05) is 0 Å². The first-order valence-electron chi connectivity index (χ1n) is 6.10. The van der Waals surface area contributed by atoms with Gasteiger partial charge in [-0.3, -0.25) is 19.3 Å². The Hall–Kier alpha value is 0.290. The zero-order valence-corrected chi connectivity index (χ0v) is 15.3. The molecule has 0 spiro atoms. The number of Topliss-reactive ketones (excluding diaryl/α,β-unsaturated/α-hetero) is 1. The summed E-state index contributed by atoms with van der Waals surface area (Å²) in [6.07, 6.45) is 0. The van der Waals surface area contributed by atoms with E-state index in [1.807, 2.05) is 0 Å². The van der Waals surface area contributed by atoms with Crippen LogP contribution in [0.4, 0.5) is 0 Å². The smallest absolute Gasteiger partial charge is 0.235 e. The molecule has 1 aliphatic heterocycles. The number of ketones is 1. The Labute approximate surface area is 155 Å². The number of carbonyl (C=O) groups is 3. The second-order valence-electron chi connectivity index (χ2n) is 5.55. The average Bonchev–Trinajstić information content (AvgIpc) is 2.78. The molecule has 0 radical (unpaired) electrons. The predicted octanol–water partition coefficient (Wildman–Crippen LogP) is 3.02. The first-order chi connectivity index (χ1) is 9.94. The van der Waals surface area contributed by atoms with E-state index >= 15 is 0 Å². The molecule has 0 unspecified atom stereocenters. The molecule has 120 valence electrons. The number of fused-ring (bicyclic) bond motifs is 5. The van der Waals surface area contributed by atoms with Gasteiger partial charge < -0.3 is 0 Å². The number of alkyl halides is 4. The first-order valence-corrected chi connectivity index (χ1v) is 8.37. The van der Waals surface area contributed by atoms with Gasteiger partial charge in [-0.05, 0) is 6.92 Å². The lowest BCUT2D eigenvalue weighted by molar-refractivity contribution is -0.143. The SMILES string of the molecule is CC(=O)CN1C(=O)[C@@H]2[C@@H](C1=O)[C@@]1(Cl)C(Cl)=C(Cl)[C@@]2(Cl)C1(Cl)Cl. The van der Waals surface area contributed by atoms with Gasteiger partial charge >= 0.3 is 0 Å². The van der Waals surface area contributed by atoms with Crippen molar-refractivity contribution in [2.24, 2.45) is 11.8 Å². The molecule has 2 bridgehead atoms. The van der Waals surface area contributed by atoms with E-state index in [2.05, 4.69) is 0 Å². The summed E-state index contributed by atoms with van der Waals surface area (Å²) in [5.41, 5.74) is 0. The molecule has 2 fully saturated rings. The molecule has 0 N–H and O–H groups in total. The molecule has 1 saturated heterocycles. The quantitative estimate of drug-likeness (QED) is 0.505. The van der Waals surface area contributed by atoms with Crippen LogP contribution in [0.2, 0.25) is 0 Å². The third-order valence-corrected chi connectivity index (χ3v) is 8.64. The molecule has 3 rings (SSSR count). The van der Waals surface area contributed by atoms with Crippen LogP contribution >= 0.6 is 69.6 Å². The standard InChI is InChI=1S/C12H7Cl6NO3/c1-3(20)2-19-8(21)4-5(9(19)22)11(16)7(14)6(13)10(4,15)12(11,17)18/h4-5H,2H2,1H3/t4-,5-,10+,11+/m0/s1. The zero-order chi connectivity index (χ0) is 16.8. The minimum Gasteiger partial charge on any atom is -0.298 e. The van der Waals surface area contributed by atoms with Crippen LogP contribution in [0.3, 0.4) is 0 Å². The van der Waals surface area contributed by atoms with Crippen LogP contribution in [0.1, 0.15) is 6.92 Å². The Morgan fingerprint density at radius 1 is 1.00 bits per heavy atom. The van der Waals surface area contributed by atoms with Crippen molar-refractivity contribution in [3.05, 3.63) is 10.1 Å². The fraction of sp³-hybridized carbons (Fsp3) is 0.583. The zero-order valence-electron chi connectivity index (χ0n) is 10.8. The summed E-state index contributed by atoms with van der Waals surface area (Å²) < 4.78 is -1.94. The molecule has 4 nitrogen and oxygen atoms in total. The fourth-order valence-electron chi connectivity index (χ4n) is 3.43. The van der Waals surface area contributed by atoms with E-state index in [-0.39, 0.29) is 22.4 Å². The number of allylic oxidation sites excluding steroid dienone is 2. The predicted molar refractivity (Wildman–Crippen MR) is 84.7 cm³/mol. The van der Waals surface area contributed by atoms with Gasteiger partial charge in [-0.15, -0.1) is 23.2 Å². The summed E-state index contributed by atoms with van der Waals surface area (Å²) in [7, 11) is 0. The Kier molecular flexibility index (Phi) is 3.64. The Bertz CT molecular complexity index is 630. The lowest BCUT2D eigenvalue weighted by atomic mass is 9.84. The molecule has 10 heteroatoms. The number of likely N-dealkylation sites (tertiary alicyclic amines) is 1. The minimum atomic E-state index is -1.94. The van der Waals surface area contributed by atoms with E-state index in [0.717, 1.165) is 4.90 Å². The summed E-state index contributed by atoms with van der Waals surface area (Å²) in [5, 5.41) is -0.300. The van der Waals surface area contributed by atoms with Gasteiger partial charge in [0.25, 0.3) is 0 Å². The normalized spacial score (nSPS) is 42.4. The second-order valence-corrected chi connectivity index (χ2v) is 8.82. The molecular weight excluding hydrogens is 419 g/mol. The first kappa shape index (κ1) is 17.1. The van der Waals surface area contributed by atoms with E-state index in [1.54, 1.807) is 0 Å². The van der Waals surface area contributed by atoms with Crippen molar-refractivity contribution in [3.8, 4) is 0 Å². The number of halogens is 6. The lowest BCUT2D eigenvalue weighted by Crippen LogP contribution is -2.50. The maximum Gasteiger partial charge on any atom is 0.235 e. The van der Waals surface area contributed by atoms with E-state index in [0.29, 0.717) is 0 Å². The van der Waals surface area contributed by atoms with Crippen molar-refractivity contribution in [1.29, 1.82) is 0 Å². The summed E-state index contributed by atoms with van der Waals surface area (Å²) >= 11 is 37.8. The Morgan fingerprint density at radius 2 is 1.36 bits per heavy atom. The van der Waals surface area contributed by atoms with Gasteiger partial charge in [0.05, 0.1) is 28.4 Å². The van der Waals surface area contributed by atoms with Crippen molar-refractivity contribution in [2.75, 3.05) is 6.54 Å². The van der Waals surface area contributed by atoms with Crippen molar-refractivity contribution in [2.45, 2.75) is 21.0 Å². The molecule has 2 amide bonds. The molecule has 0 aromatic heterocycles. The van der Waals surface area contributed by atoms with E-state index in [4.69, 9.17) is 69.6 Å². The van der Waals surface area contributed by atoms with Gasteiger partial charge in [0.15, 0.2) is 4.33 Å². The Morgan fingerprint density at radius 3 is 1.68 bits per heavy atom. The van der Waals surface area contributed by atoms with Crippen LogP contribution in [0.5, 0.6) is 0 Å². The second kappa shape index (κ2) is 4.68. The summed E-state index contributed by atoms with van der Waals surface area (Å²) in [6.45, 7) is 0.874. The summed E-state index contributed by atoms with van der Waals surface area (Å²) in [5.74, 6) is -4.09. The maximum atomic E-state index is 12.6. The summed E-state index contributed by atoms with van der Waals surface area (Å²) in [4.78, 5) is 33.6. The molecule has 22 heavy (non-hydrogen) atoms. The van der Waals surface area contributed by atoms with Crippen LogP contribution in [0.15, 0.2) is 10.1 Å². The van der Waals surface area contributed by atoms with Gasteiger partial charge in [-0.1, -0.05) is 46.4 Å². The highest BCUT2D eigenvalue weighted by Crippen LogP contribution is 2.77. The van der Waals surface area contributed by atoms with Gasteiger partial charge in [0.2, 0.25) is 11.8 Å². The van der Waals surface area contributed by atoms with Gasteiger partial charge in [0.1, 0.15) is 15.5 Å². The van der Waals surface area contributed by atoms with Crippen LogP contribution < -0.4 is 0 Å². The highest BCUT2D eigenvalue weighted by atomic mass is 35.5.